The smallest absolute Gasteiger partial charge is 0.338 e. The summed E-state index contributed by atoms with van der Waals surface area (Å²) in [4.78, 5) is 21.0. The number of amidine groups is 1. The highest BCUT2D eigenvalue weighted by molar-refractivity contribution is 5.97. The summed E-state index contributed by atoms with van der Waals surface area (Å²) in [5.41, 5.74) is 1.51. The number of rotatable bonds is 9. The van der Waals surface area contributed by atoms with Gasteiger partial charge in [-0.3, -0.25) is 4.99 Å². The molecule has 9 heteroatoms. The molecule has 0 bridgehead atoms. The van der Waals surface area contributed by atoms with E-state index in [-0.39, 0.29) is 24.5 Å². The third-order valence-corrected chi connectivity index (χ3v) is 6.63. The van der Waals surface area contributed by atoms with Crippen LogP contribution >= 0.6 is 0 Å². The number of nitrogens with zero attached hydrogens (tertiary/aromatic N) is 3. The van der Waals surface area contributed by atoms with Crippen LogP contribution in [0.25, 0.3) is 0 Å². The van der Waals surface area contributed by atoms with E-state index in [1.165, 1.54) is 0 Å². The first-order valence-electron chi connectivity index (χ1n) is 11.9. The SMILES string of the molecule is CC(C=NC1OC(COC(=O)c2ccccc2)C2C1OC2(C)OCc1ccccc1)C(=N)[N+]1=CN=C1. The van der Waals surface area contributed by atoms with E-state index in [2.05, 4.69) is 9.98 Å². The summed E-state index contributed by atoms with van der Waals surface area (Å²) < 4.78 is 25.8. The normalized spacial score (nSPS) is 29.1. The Morgan fingerprint density at radius 1 is 1.22 bits per heavy atom. The van der Waals surface area contributed by atoms with Crippen molar-refractivity contribution in [1.29, 1.82) is 5.41 Å². The molecule has 5 rings (SSSR count). The van der Waals surface area contributed by atoms with Gasteiger partial charge in [-0.2, -0.15) is 5.41 Å². The van der Waals surface area contributed by atoms with Crippen LogP contribution in [0.4, 0.5) is 0 Å². The molecule has 2 aromatic carbocycles. The van der Waals surface area contributed by atoms with Gasteiger partial charge in [0.15, 0.2) is 12.0 Å². The summed E-state index contributed by atoms with van der Waals surface area (Å²) in [5, 5.41) is 8.23. The predicted molar refractivity (Wildman–Crippen MR) is 134 cm³/mol. The van der Waals surface area contributed by atoms with Crippen LogP contribution in [0.5, 0.6) is 0 Å². The highest BCUT2D eigenvalue weighted by atomic mass is 16.7. The van der Waals surface area contributed by atoms with Crippen molar-refractivity contribution < 1.29 is 28.3 Å². The lowest BCUT2D eigenvalue weighted by Crippen LogP contribution is -2.62. The fraction of sp³-hybridized carbons (Fsp3) is 0.370. The zero-order chi connectivity index (χ0) is 25.1. The van der Waals surface area contributed by atoms with Crippen LogP contribution in [0.2, 0.25) is 0 Å². The van der Waals surface area contributed by atoms with E-state index in [1.54, 1.807) is 47.7 Å². The van der Waals surface area contributed by atoms with Gasteiger partial charge < -0.3 is 18.9 Å². The van der Waals surface area contributed by atoms with E-state index >= 15 is 0 Å². The van der Waals surface area contributed by atoms with Crippen molar-refractivity contribution in [2.45, 2.75) is 44.7 Å². The predicted octanol–water partition coefficient (Wildman–Crippen LogP) is 3.28. The first-order valence-corrected chi connectivity index (χ1v) is 11.9. The van der Waals surface area contributed by atoms with Gasteiger partial charge in [0.2, 0.25) is 18.5 Å². The molecule has 0 aromatic heterocycles. The molecule has 3 aliphatic heterocycles. The van der Waals surface area contributed by atoms with Crippen molar-refractivity contribution in [3.63, 3.8) is 0 Å². The quantitative estimate of drug-likeness (QED) is 0.252. The Bertz CT molecular complexity index is 1200. The maximum atomic E-state index is 12.5. The lowest BCUT2D eigenvalue weighted by molar-refractivity contribution is -0.374. The lowest BCUT2D eigenvalue weighted by atomic mass is 9.83. The van der Waals surface area contributed by atoms with Gasteiger partial charge in [0.25, 0.3) is 0 Å². The number of carbonyl (C=O) groups is 1. The number of ether oxygens (including phenoxy) is 4. The molecule has 0 spiro atoms. The topological polar surface area (TPSA) is 106 Å². The summed E-state index contributed by atoms with van der Waals surface area (Å²) in [7, 11) is 0. The molecule has 3 aliphatic rings. The molecule has 0 aliphatic carbocycles. The van der Waals surface area contributed by atoms with Gasteiger partial charge in [0, 0.05) is 6.21 Å². The maximum absolute atomic E-state index is 12.5. The summed E-state index contributed by atoms with van der Waals surface area (Å²) in [5.74, 6) is -1.38. The number of benzene rings is 2. The molecule has 6 atom stereocenters. The first-order chi connectivity index (χ1) is 17.4. The molecule has 2 saturated heterocycles. The highest BCUT2D eigenvalue weighted by Crippen LogP contribution is 2.50. The molecule has 2 fully saturated rings. The molecular formula is C27H29N4O5+. The zero-order valence-electron chi connectivity index (χ0n) is 20.2. The van der Waals surface area contributed by atoms with Crippen molar-refractivity contribution in [2.75, 3.05) is 6.61 Å². The van der Waals surface area contributed by atoms with Crippen LogP contribution in [-0.2, 0) is 25.6 Å². The third kappa shape index (κ3) is 4.90. The van der Waals surface area contributed by atoms with Crippen molar-refractivity contribution in [3.8, 4) is 0 Å². The monoisotopic (exact) mass is 489 g/mol. The van der Waals surface area contributed by atoms with Gasteiger partial charge >= 0.3 is 5.97 Å². The van der Waals surface area contributed by atoms with Crippen LogP contribution < -0.4 is 0 Å². The standard InChI is InChI=1S/C27H29N4O5/c1-18(24(28)31-16-29-17-31)13-30-25-23-22(27(2,36-23)34-14-19-9-5-3-6-10-19)21(35-25)15-33-26(32)20-11-7-4-8-12-20/h3-13,16-18,21-23,25,28H,14-15H2,1-2H3/q+1. The Hall–Kier alpha value is -3.53. The summed E-state index contributed by atoms with van der Waals surface area (Å²) in [6, 6.07) is 18.7. The van der Waals surface area contributed by atoms with Crippen molar-refractivity contribution >= 4 is 30.7 Å². The zero-order valence-corrected chi connectivity index (χ0v) is 20.2. The largest absolute Gasteiger partial charge is 0.459 e. The van der Waals surface area contributed by atoms with E-state index in [1.807, 2.05) is 50.2 Å². The van der Waals surface area contributed by atoms with E-state index in [9.17, 15) is 4.79 Å². The molecule has 2 aromatic rings. The van der Waals surface area contributed by atoms with Crippen LogP contribution in [0.1, 0.15) is 29.8 Å². The van der Waals surface area contributed by atoms with Gasteiger partial charge in [0.1, 0.15) is 18.8 Å². The second-order valence-corrected chi connectivity index (χ2v) is 9.19. The van der Waals surface area contributed by atoms with Gasteiger partial charge in [-0.25, -0.2) is 9.37 Å². The average Bonchev–Trinajstić information content (AvgIpc) is 3.16. The molecular weight excluding hydrogens is 460 g/mol. The Morgan fingerprint density at radius 2 is 1.92 bits per heavy atom. The number of esters is 1. The average molecular weight is 490 g/mol. The molecule has 0 radical (unpaired) electrons. The fourth-order valence-corrected chi connectivity index (χ4v) is 4.56. The second-order valence-electron chi connectivity index (χ2n) is 9.19. The van der Waals surface area contributed by atoms with Gasteiger partial charge in [-0.15, -0.1) is 4.99 Å². The number of hydrogen-bond donors (Lipinski definition) is 1. The van der Waals surface area contributed by atoms with E-state index in [0.29, 0.717) is 18.0 Å². The van der Waals surface area contributed by atoms with Crippen LogP contribution in [0.3, 0.4) is 0 Å². The van der Waals surface area contributed by atoms with Crippen LogP contribution in [-0.4, -0.2) is 66.1 Å². The fourth-order valence-electron chi connectivity index (χ4n) is 4.56. The van der Waals surface area contributed by atoms with E-state index in [4.69, 9.17) is 24.4 Å². The van der Waals surface area contributed by atoms with E-state index in [0.717, 1.165) is 5.56 Å². The number of hydrogen-bond acceptors (Lipinski definition) is 8. The number of fused-ring (bicyclic) bond motifs is 1. The maximum Gasteiger partial charge on any atom is 0.338 e. The molecule has 0 amide bonds. The summed E-state index contributed by atoms with van der Waals surface area (Å²) >= 11 is 0. The molecule has 186 valence electrons. The van der Waals surface area contributed by atoms with Crippen molar-refractivity contribution in [2.24, 2.45) is 21.8 Å². The van der Waals surface area contributed by atoms with Gasteiger partial charge in [-0.05, 0) is 31.5 Å². The van der Waals surface area contributed by atoms with Gasteiger partial charge in [0.05, 0.1) is 24.0 Å². The van der Waals surface area contributed by atoms with Gasteiger partial charge in [-0.1, -0.05) is 48.5 Å². The number of carbonyl (C=O) groups excluding carboxylic acids is 1. The Labute approximate surface area is 209 Å². The Morgan fingerprint density at radius 3 is 2.58 bits per heavy atom. The minimum Gasteiger partial charge on any atom is -0.459 e. The minimum absolute atomic E-state index is 0.0547. The summed E-state index contributed by atoms with van der Waals surface area (Å²) in [6.45, 7) is 4.20. The molecule has 6 unspecified atom stereocenters. The molecule has 0 saturated carbocycles. The number of aliphatic imine (C=N–C) groups is 2. The van der Waals surface area contributed by atoms with Crippen LogP contribution in [0.15, 0.2) is 70.6 Å². The number of nitrogens with one attached hydrogen (secondary N) is 1. The summed E-state index contributed by atoms with van der Waals surface area (Å²) in [6.07, 6.45) is 3.46. The molecule has 9 nitrogen and oxygen atoms in total. The lowest BCUT2D eigenvalue weighted by Gasteiger charge is -2.50. The molecule has 3 heterocycles. The Balaban J connectivity index is 1.27. The molecule has 36 heavy (non-hydrogen) atoms. The first kappa shape index (κ1) is 24.2. The van der Waals surface area contributed by atoms with Crippen LogP contribution in [0, 0.1) is 17.2 Å². The minimum atomic E-state index is -0.907. The van der Waals surface area contributed by atoms with E-state index < -0.39 is 24.1 Å². The van der Waals surface area contributed by atoms with Crippen molar-refractivity contribution in [1.82, 2.24) is 0 Å². The van der Waals surface area contributed by atoms with Crippen molar-refractivity contribution in [3.05, 3.63) is 71.8 Å². The highest BCUT2D eigenvalue weighted by Gasteiger charge is 2.65. The second kappa shape index (κ2) is 10.2. The third-order valence-electron chi connectivity index (χ3n) is 6.63. The Kier molecular flexibility index (Phi) is 6.86. The molecule has 1 N–H and O–H groups in total.